The van der Waals surface area contributed by atoms with E-state index >= 15 is 0 Å². The minimum absolute atomic E-state index is 0.111. The molecule has 0 aromatic heterocycles. The van der Waals surface area contributed by atoms with Gasteiger partial charge in [-0.1, -0.05) is 18.2 Å². The van der Waals surface area contributed by atoms with Gasteiger partial charge in [-0.3, -0.25) is 14.5 Å². The molecule has 0 bridgehead atoms. The first kappa shape index (κ1) is 23.9. The van der Waals surface area contributed by atoms with Crippen molar-refractivity contribution < 1.29 is 28.6 Å². The van der Waals surface area contributed by atoms with Gasteiger partial charge >= 0.3 is 0 Å². The summed E-state index contributed by atoms with van der Waals surface area (Å²) in [5.74, 6) is -1.77. The number of hydrogen-bond donors (Lipinski definition) is 1. The SMILES string of the molecule is CCOc1ccc(C(O)=C2C(=O)C(=O)N(CCN3CCOCC3)C2c2ccccc2F)cc1C. The average molecular weight is 469 g/mol. The van der Waals surface area contributed by atoms with Gasteiger partial charge in [-0.25, -0.2) is 4.39 Å². The molecule has 2 aromatic rings. The Bertz CT molecular complexity index is 1110. The Morgan fingerprint density at radius 2 is 1.88 bits per heavy atom. The standard InChI is InChI=1S/C26H29FN2O5/c1-3-34-21-9-8-18(16-17(21)2)24(30)22-23(19-6-4-5-7-20(19)27)29(26(32)25(22)31)11-10-28-12-14-33-15-13-28/h4-9,16,23,30H,3,10-15H2,1-2H3. The van der Waals surface area contributed by atoms with E-state index in [4.69, 9.17) is 9.47 Å². The van der Waals surface area contributed by atoms with E-state index in [1.807, 2.05) is 13.8 Å². The molecule has 2 aromatic carbocycles. The second-order valence-corrected chi connectivity index (χ2v) is 8.38. The third kappa shape index (κ3) is 4.69. The minimum atomic E-state index is -1.02. The summed E-state index contributed by atoms with van der Waals surface area (Å²) in [6, 6.07) is 10.1. The fourth-order valence-electron chi connectivity index (χ4n) is 4.47. The fourth-order valence-corrected chi connectivity index (χ4v) is 4.47. The number of aryl methyl sites for hydroxylation is 1. The molecule has 2 aliphatic heterocycles. The van der Waals surface area contributed by atoms with Crippen LogP contribution in [0.25, 0.3) is 5.76 Å². The van der Waals surface area contributed by atoms with E-state index in [-0.39, 0.29) is 23.4 Å². The van der Waals surface area contributed by atoms with Crippen molar-refractivity contribution >= 4 is 17.4 Å². The second kappa shape index (κ2) is 10.4. The molecule has 1 N–H and O–H groups in total. The summed E-state index contributed by atoms with van der Waals surface area (Å²) in [5.41, 5.74) is 1.21. The smallest absolute Gasteiger partial charge is 0.295 e. The van der Waals surface area contributed by atoms with Gasteiger partial charge in [0, 0.05) is 37.3 Å². The zero-order valence-electron chi connectivity index (χ0n) is 19.4. The summed E-state index contributed by atoms with van der Waals surface area (Å²) < 4.78 is 25.8. The number of Topliss-reactive ketones (excluding diaryl/α,β-unsaturated/α-hetero) is 1. The average Bonchev–Trinajstić information content (AvgIpc) is 3.09. The number of ketones is 1. The molecular weight excluding hydrogens is 439 g/mol. The Hall–Kier alpha value is -3.23. The van der Waals surface area contributed by atoms with Crippen LogP contribution in [0, 0.1) is 12.7 Å². The number of rotatable bonds is 7. The molecule has 34 heavy (non-hydrogen) atoms. The second-order valence-electron chi connectivity index (χ2n) is 8.38. The van der Waals surface area contributed by atoms with Gasteiger partial charge < -0.3 is 19.5 Å². The molecule has 0 spiro atoms. The number of hydrogen-bond acceptors (Lipinski definition) is 6. The number of ether oxygens (including phenoxy) is 2. The van der Waals surface area contributed by atoms with Gasteiger partial charge in [0.2, 0.25) is 0 Å². The molecule has 1 atom stereocenters. The first-order valence-electron chi connectivity index (χ1n) is 11.5. The summed E-state index contributed by atoms with van der Waals surface area (Å²) >= 11 is 0. The van der Waals surface area contributed by atoms with Crippen molar-refractivity contribution in [3.8, 4) is 5.75 Å². The first-order valence-corrected chi connectivity index (χ1v) is 11.5. The Labute approximate surface area is 198 Å². The van der Waals surface area contributed by atoms with Gasteiger partial charge in [0.1, 0.15) is 17.3 Å². The van der Waals surface area contributed by atoms with Crippen molar-refractivity contribution in [3.63, 3.8) is 0 Å². The van der Waals surface area contributed by atoms with Gasteiger partial charge in [-0.2, -0.15) is 0 Å². The van der Waals surface area contributed by atoms with Gasteiger partial charge in [0.15, 0.2) is 0 Å². The van der Waals surface area contributed by atoms with Crippen molar-refractivity contribution in [2.24, 2.45) is 0 Å². The van der Waals surface area contributed by atoms with Crippen molar-refractivity contribution in [2.45, 2.75) is 19.9 Å². The summed E-state index contributed by atoms with van der Waals surface area (Å²) in [7, 11) is 0. The molecule has 0 saturated carbocycles. The van der Waals surface area contributed by atoms with Crippen molar-refractivity contribution in [2.75, 3.05) is 46.0 Å². The Morgan fingerprint density at radius 3 is 2.56 bits per heavy atom. The molecule has 2 aliphatic rings. The molecule has 1 amide bonds. The normalized spacial score (nSPS) is 20.7. The van der Waals surface area contributed by atoms with E-state index < -0.39 is 23.5 Å². The lowest BCUT2D eigenvalue weighted by Crippen LogP contribution is -2.42. The van der Waals surface area contributed by atoms with E-state index in [9.17, 15) is 19.1 Å². The highest BCUT2D eigenvalue weighted by Gasteiger charge is 2.46. The summed E-state index contributed by atoms with van der Waals surface area (Å²) in [5, 5.41) is 11.2. The number of carbonyl (C=O) groups excluding carboxylic acids is 2. The van der Waals surface area contributed by atoms with E-state index in [1.165, 1.54) is 11.0 Å². The number of amides is 1. The van der Waals surface area contributed by atoms with Crippen LogP contribution in [-0.2, 0) is 14.3 Å². The number of halogens is 1. The predicted octanol–water partition coefficient (Wildman–Crippen LogP) is 3.29. The molecule has 7 nitrogen and oxygen atoms in total. The van der Waals surface area contributed by atoms with Gasteiger partial charge in [-0.05, 0) is 43.7 Å². The maximum Gasteiger partial charge on any atom is 0.295 e. The molecule has 180 valence electrons. The Balaban J connectivity index is 1.75. The highest BCUT2D eigenvalue weighted by atomic mass is 19.1. The lowest BCUT2D eigenvalue weighted by atomic mass is 9.94. The van der Waals surface area contributed by atoms with Crippen LogP contribution in [0.2, 0.25) is 0 Å². The molecule has 4 rings (SSSR count). The Morgan fingerprint density at radius 1 is 1.15 bits per heavy atom. The van der Waals surface area contributed by atoms with Gasteiger partial charge in [0.25, 0.3) is 11.7 Å². The van der Waals surface area contributed by atoms with Crippen molar-refractivity contribution in [1.82, 2.24) is 9.80 Å². The zero-order chi connectivity index (χ0) is 24.2. The predicted molar refractivity (Wildman–Crippen MR) is 125 cm³/mol. The van der Waals surface area contributed by atoms with Crippen LogP contribution in [0.4, 0.5) is 4.39 Å². The lowest BCUT2D eigenvalue weighted by molar-refractivity contribution is -0.140. The summed E-state index contributed by atoms with van der Waals surface area (Å²) in [4.78, 5) is 29.7. The number of aliphatic hydroxyl groups is 1. The highest BCUT2D eigenvalue weighted by molar-refractivity contribution is 6.46. The van der Waals surface area contributed by atoms with Crippen molar-refractivity contribution in [1.29, 1.82) is 0 Å². The lowest BCUT2D eigenvalue weighted by Gasteiger charge is -2.31. The van der Waals surface area contributed by atoms with E-state index in [0.29, 0.717) is 37.7 Å². The number of carbonyl (C=O) groups is 2. The van der Waals surface area contributed by atoms with Crippen LogP contribution in [0.3, 0.4) is 0 Å². The maximum absolute atomic E-state index is 14.9. The third-order valence-corrected chi connectivity index (χ3v) is 6.25. The topological polar surface area (TPSA) is 79.3 Å². The van der Waals surface area contributed by atoms with Crippen LogP contribution >= 0.6 is 0 Å². The summed E-state index contributed by atoms with van der Waals surface area (Å²) in [6.07, 6.45) is 0. The zero-order valence-corrected chi connectivity index (χ0v) is 19.4. The molecule has 2 fully saturated rings. The molecule has 1 unspecified atom stereocenters. The quantitative estimate of drug-likeness (QED) is 0.382. The Kier molecular flexibility index (Phi) is 7.29. The van der Waals surface area contributed by atoms with E-state index in [1.54, 1.807) is 36.4 Å². The minimum Gasteiger partial charge on any atom is -0.507 e. The first-order chi connectivity index (χ1) is 16.4. The molecule has 8 heteroatoms. The number of nitrogens with zero attached hydrogens (tertiary/aromatic N) is 2. The molecule has 2 saturated heterocycles. The largest absolute Gasteiger partial charge is 0.507 e. The number of likely N-dealkylation sites (tertiary alicyclic amines) is 1. The highest BCUT2D eigenvalue weighted by Crippen LogP contribution is 2.40. The molecule has 2 heterocycles. The third-order valence-electron chi connectivity index (χ3n) is 6.25. The van der Waals surface area contributed by atoms with Crippen LogP contribution in [0.15, 0.2) is 48.0 Å². The number of aliphatic hydroxyl groups excluding tert-OH is 1. The van der Waals surface area contributed by atoms with E-state index in [0.717, 1.165) is 18.7 Å². The number of benzene rings is 2. The van der Waals surface area contributed by atoms with Gasteiger partial charge in [-0.15, -0.1) is 0 Å². The van der Waals surface area contributed by atoms with Crippen LogP contribution in [-0.4, -0.2) is 72.6 Å². The van der Waals surface area contributed by atoms with Crippen LogP contribution in [0.1, 0.15) is 29.7 Å². The van der Waals surface area contributed by atoms with Crippen molar-refractivity contribution in [3.05, 3.63) is 70.5 Å². The monoisotopic (exact) mass is 468 g/mol. The number of morpholine rings is 1. The molecular formula is C26H29FN2O5. The van der Waals surface area contributed by atoms with Gasteiger partial charge in [0.05, 0.1) is 31.4 Å². The molecule has 0 aliphatic carbocycles. The van der Waals surface area contributed by atoms with Crippen LogP contribution in [0.5, 0.6) is 5.75 Å². The van der Waals surface area contributed by atoms with E-state index in [2.05, 4.69) is 4.90 Å². The summed E-state index contributed by atoms with van der Waals surface area (Å²) in [6.45, 7) is 7.59. The maximum atomic E-state index is 14.9. The fraction of sp³-hybridized carbons (Fsp3) is 0.385. The molecule has 0 radical (unpaired) electrons. The van der Waals surface area contributed by atoms with Crippen LogP contribution < -0.4 is 4.74 Å².